The number of carbonyl (C=O) groups is 1. The SMILES string of the molecule is CC[C@H](C)Oc1ccc(/C=C2/SC(=Nc3ccc(C)cc3)NC2=O)cc1OC. The maximum absolute atomic E-state index is 12.3. The van der Waals surface area contributed by atoms with Crippen molar-refractivity contribution in [1.82, 2.24) is 5.32 Å². The molecule has 5 nitrogen and oxygen atoms in total. The van der Waals surface area contributed by atoms with Crippen LogP contribution in [0.3, 0.4) is 0 Å². The van der Waals surface area contributed by atoms with Crippen LogP contribution >= 0.6 is 11.8 Å². The normalized spacial score (nSPS) is 17.6. The van der Waals surface area contributed by atoms with E-state index in [1.807, 2.05) is 62.4 Å². The molecule has 1 aliphatic heterocycles. The quantitative estimate of drug-likeness (QED) is 0.693. The van der Waals surface area contributed by atoms with Crippen molar-refractivity contribution in [1.29, 1.82) is 0 Å². The molecule has 3 rings (SSSR count). The molecular weight excluding hydrogens is 372 g/mol. The highest BCUT2D eigenvalue weighted by Gasteiger charge is 2.24. The van der Waals surface area contributed by atoms with Gasteiger partial charge in [-0.3, -0.25) is 4.79 Å². The molecule has 0 unspecified atom stereocenters. The summed E-state index contributed by atoms with van der Waals surface area (Å²) in [6.07, 6.45) is 2.84. The molecule has 1 fully saturated rings. The van der Waals surface area contributed by atoms with Gasteiger partial charge < -0.3 is 14.8 Å². The van der Waals surface area contributed by atoms with E-state index in [1.54, 1.807) is 7.11 Å². The molecule has 0 aromatic heterocycles. The lowest BCUT2D eigenvalue weighted by molar-refractivity contribution is -0.115. The van der Waals surface area contributed by atoms with Gasteiger partial charge in [-0.2, -0.15) is 0 Å². The monoisotopic (exact) mass is 396 g/mol. The number of nitrogens with zero attached hydrogens (tertiary/aromatic N) is 1. The molecule has 0 spiro atoms. The summed E-state index contributed by atoms with van der Waals surface area (Å²) in [5, 5.41) is 3.38. The van der Waals surface area contributed by atoms with Crippen LogP contribution in [0.2, 0.25) is 0 Å². The van der Waals surface area contributed by atoms with Gasteiger partial charge in [-0.15, -0.1) is 0 Å². The van der Waals surface area contributed by atoms with E-state index < -0.39 is 0 Å². The minimum atomic E-state index is -0.158. The van der Waals surface area contributed by atoms with E-state index in [-0.39, 0.29) is 12.0 Å². The predicted octanol–water partition coefficient (Wildman–Crippen LogP) is 5.07. The summed E-state index contributed by atoms with van der Waals surface area (Å²) in [7, 11) is 1.61. The fraction of sp³-hybridized carbons (Fsp3) is 0.273. The third-order valence-corrected chi connectivity index (χ3v) is 5.21. The molecule has 2 aromatic carbocycles. The fourth-order valence-electron chi connectivity index (χ4n) is 2.54. The molecular formula is C22H24N2O3S. The lowest BCUT2D eigenvalue weighted by Crippen LogP contribution is -2.19. The molecule has 1 N–H and O–H groups in total. The van der Waals surface area contributed by atoms with Crippen molar-refractivity contribution in [2.75, 3.05) is 7.11 Å². The van der Waals surface area contributed by atoms with Crippen LogP contribution in [0.25, 0.3) is 6.08 Å². The molecule has 28 heavy (non-hydrogen) atoms. The molecule has 0 radical (unpaired) electrons. The summed E-state index contributed by atoms with van der Waals surface area (Å²) < 4.78 is 11.3. The van der Waals surface area contributed by atoms with Gasteiger partial charge in [0, 0.05) is 0 Å². The Morgan fingerprint density at radius 2 is 1.93 bits per heavy atom. The van der Waals surface area contributed by atoms with Crippen LogP contribution in [0.4, 0.5) is 5.69 Å². The van der Waals surface area contributed by atoms with Gasteiger partial charge in [0.2, 0.25) is 0 Å². The van der Waals surface area contributed by atoms with E-state index in [0.29, 0.717) is 21.6 Å². The minimum absolute atomic E-state index is 0.106. The van der Waals surface area contributed by atoms with Gasteiger partial charge in [0.25, 0.3) is 5.91 Å². The van der Waals surface area contributed by atoms with Crippen molar-refractivity contribution in [3.05, 3.63) is 58.5 Å². The summed E-state index contributed by atoms with van der Waals surface area (Å²) in [4.78, 5) is 17.4. The summed E-state index contributed by atoms with van der Waals surface area (Å²) >= 11 is 1.32. The molecule has 1 aliphatic rings. The Morgan fingerprint density at radius 3 is 2.61 bits per heavy atom. The Kier molecular flexibility index (Phi) is 6.41. The summed E-state index contributed by atoms with van der Waals surface area (Å²) in [5.74, 6) is 1.19. The summed E-state index contributed by atoms with van der Waals surface area (Å²) in [6, 6.07) is 13.5. The van der Waals surface area contributed by atoms with Gasteiger partial charge in [-0.05, 0) is 67.9 Å². The molecule has 1 saturated heterocycles. The van der Waals surface area contributed by atoms with E-state index in [2.05, 4.69) is 17.2 Å². The first kappa shape index (κ1) is 20.0. The molecule has 0 aliphatic carbocycles. The minimum Gasteiger partial charge on any atom is -0.493 e. The van der Waals surface area contributed by atoms with E-state index >= 15 is 0 Å². The number of hydrogen-bond acceptors (Lipinski definition) is 5. The first-order chi connectivity index (χ1) is 13.5. The van der Waals surface area contributed by atoms with Crippen molar-refractivity contribution in [3.8, 4) is 11.5 Å². The second kappa shape index (κ2) is 8.97. The second-order valence-electron chi connectivity index (χ2n) is 6.56. The largest absolute Gasteiger partial charge is 0.493 e. The van der Waals surface area contributed by atoms with Crippen molar-refractivity contribution in [3.63, 3.8) is 0 Å². The number of carbonyl (C=O) groups excluding carboxylic acids is 1. The number of aryl methyl sites for hydroxylation is 1. The highest BCUT2D eigenvalue weighted by atomic mass is 32.2. The molecule has 1 atom stereocenters. The van der Waals surface area contributed by atoms with Crippen molar-refractivity contribution in [2.45, 2.75) is 33.3 Å². The lowest BCUT2D eigenvalue weighted by atomic mass is 10.2. The maximum atomic E-state index is 12.3. The zero-order valence-corrected chi connectivity index (χ0v) is 17.3. The smallest absolute Gasteiger partial charge is 0.264 e. The van der Waals surface area contributed by atoms with Crippen LogP contribution in [-0.4, -0.2) is 24.3 Å². The van der Waals surface area contributed by atoms with Crippen molar-refractivity contribution in [2.24, 2.45) is 4.99 Å². The summed E-state index contributed by atoms with van der Waals surface area (Å²) in [6.45, 7) is 6.11. The fourth-order valence-corrected chi connectivity index (χ4v) is 3.38. The summed E-state index contributed by atoms with van der Waals surface area (Å²) in [5.41, 5.74) is 2.84. The molecule has 0 bridgehead atoms. The number of methoxy groups -OCH3 is 1. The molecule has 2 aromatic rings. The first-order valence-corrected chi connectivity index (χ1v) is 10.0. The number of aliphatic imine (C=N–C) groups is 1. The third-order valence-electron chi connectivity index (χ3n) is 4.30. The third kappa shape index (κ3) is 4.95. The van der Waals surface area contributed by atoms with Gasteiger partial charge in [0.15, 0.2) is 16.7 Å². The van der Waals surface area contributed by atoms with Crippen LogP contribution in [0.1, 0.15) is 31.4 Å². The van der Waals surface area contributed by atoms with Gasteiger partial charge >= 0.3 is 0 Å². The maximum Gasteiger partial charge on any atom is 0.264 e. The number of benzene rings is 2. The van der Waals surface area contributed by atoms with E-state index in [9.17, 15) is 4.79 Å². The van der Waals surface area contributed by atoms with Crippen molar-refractivity contribution < 1.29 is 14.3 Å². The average molecular weight is 397 g/mol. The Morgan fingerprint density at radius 1 is 1.18 bits per heavy atom. The highest BCUT2D eigenvalue weighted by Crippen LogP contribution is 2.33. The van der Waals surface area contributed by atoms with Gasteiger partial charge in [0.05, 0.1) is 23.8 Å². The van der Waals surface area contributed by atoms with Gasteiger partial charge in [-0.1, -0.05) is 30.7 Å². The van der Waals surface area contributed by atoms with E-state index in [4.69, 9.17) is 9.47 Å². The zero-order valence-electron chi connectivity index (χ0n) is 16.5. The number of amides is 1. The number of amidine groups is 1. The Labute approximate surface area is 169 Å². The second-order valence-corrected chi connectivity index (χ2v) is 7.59. The van der Waals surface area contributed by atoms with Crippen LogP contribution in [0, 0.1) is 6.92 Å². The van der Waals surface area contributed by atoms with E-state index in [1.165, 1.54) is 17.3 Å². The molecule has 146 valence electrons. The molecule has 0 saturated carbocycles. The van der Waals surface area contributed by atoms with Crippen LogP contribution in [0.5, 0.6) is 11.5 Å². The van der Waals surface area contributed by atoms with Crippen LogP contribution < -0.4 is 14.8 Å². The number of rotatable bonds is 6. The predicted molar refractivity (Wildman–Crippen MR) is 115 cm³/mol. The van der Waals surface area contributed by atoms with Gasteiger partial charge in [0.1, 0.15) is 0 Å². The molecule has 1 amide bonds. The molecule has 1 heterocycles. The number of thioether (sulfide) groups is 1. The number of nitrogens with one attached hydrogen (secondary N) is 1. The highest BCUT2D eigenvalue weighted by molar-refractivity contribution is 8.18. The Balaban J connectivity index is 1.79. The van der Waals surface area contributed by atoms with E-state index in [0.717, 1.165) is 17.7 Å². The van der Waals surface area contributed by atoms with Crippen LogP contribution in [-0.2, 0) is 4.79 Å². The van der Waals surface area contributed by atoms with Crippen LogP contribution in [0.15, 0.2) is 52.4 Å². The number of hydrogen-bond donors (Lipinski definition) is 1. The average Bonchev–Trinajstić information content (AvgIpc) is 3.03. The topological polar surface area (TPSA) is 59.9 Å². The standard InChI is InChI=1S/C22H24N2O3S/c1-5-15(3)27-18-11-8-16(12-19(18)26-4)13-20-21(25)24-22(28-20)23-17-9-6-14(2)7-10-17/h6-13,15H,5H2,1-4H3,(H,23,24,25)/b20-13+/t15-/m0/s1. The molecule has 6 heteroatoms. The van der Waals surface area contributed by atoms with Crippen molar-refractivity contribution >= 4 is 34.6 Å². The first-order valence-electron chi connectivity index (χ1n) is 9.19. The lowest BCUT2D eigenvalue weighted by Gasteiger charge is -2.15. The Bertz CT molecular complexity index is 920. The number of ether oxygens (including phenoxy) is 2. The zero-order chi connectivity index (χ0) is 20.1. The van der Waals surface area contributed by atoms with Gasteiger partial charge in [-0.25, -0.2) is 4.99 Å². The Hall–Kier alpha value is -2.73.